The number of carbonyl (C=O) groups is 1. The molecule has 0 saturated heterocycles. The first-order chi connectivity index (χ1) is 11.1. The summed E-state index contributed by atoms with van der Waals surface area (Å²) in [6, 6.07) is 1.99. The fourth-order valence-corrected chi connectivity index (χ4v) is 2.51. The molecule has 2 rings (SSSR count). The first-order valence-electron chi connectivity index (χ1n) is 7.33. The maximum atomic E-state index is 13.1. The van der Waals surface area contributed by atoms with Crippen molar-refractivity contribution in [3.63, 3.8) is 0 Å². The molecule has 0 atom stereocenters. The Hall–Kier alpha value is -2.38. The van der Waals surface area contributed by atoms with Crippen LogP contribution in [0.2, 0.25) is 0 Å². The molecule has 0 aliphatic carbocycles. The average Bonchev–Trinajstić information content (AvgIpc) is 2.78. The lowest BCUT2D eigenvalue weighted by Crippen LogP contribution is -2.26. The van der Waals surface area contributed by atoms with E-state index < -0.39 is 29.0 Å². The zero-order valence-electron chi connectivity index (χ0n) is 13.5. The van der Waals surface area contributed by atoms with Crippen molar-refractivity contribution in [2.45, 2.75) is 40.0 Å². The summed E-state index contributed by atoms with van der Waals surface area (Å²) < 4.78 is 53.8. The van der Waals surface area contributed by atoms with Crippen LogP contribution in [-0.4, -0.2) is 15.7 Å². The Balaban J connectivity index is 2.24. The van der Waals surface area contributed by atoms with E-state index in [2.05, 4.69) is 10.4 Å². The van der Waals surface area contributed by atoms with Gasteiger partial charge in [0.2, 0.25) is 0 Å². The van der Waals surface area contributed by atoms with Crippen molar-refractivity contribution in [3.05, 3.63) is 52.1 Å². The molecule has 2 aromatic rings. The van der Waals surface area contributed by atoms with Gasteiger partial charge < -0.3 is 5.32 Å². The van der Waals surface area contributed by atoms with Crippen molar-refractivity contribution in [2.24, 2.45) is 0 Å². The van der Waals surface area contributed by atoms with Crippen molar-refractivity contribution >= 4 is 5.91 Å². The number of benzene rings is 1. The number of nitrogens with one attached hydrogen (secondary N) is 1. The minimum atomic E-state index is -4.81. The summed E-state index contributed by atoms with van der Waals surface area (Å²) in [4.78, 5) is 12.1. The molecule has 24 heavy (non-hydrogen) atoms. The van der Waals surface area contributed by atoms with E-state index >= 15 is 0 Å². The first kappa shape index (κ1) is 18.0. The lowest BCUT2D eigenvalue weighted by molar-refractivity contribution is -0.138. The van der Waals surface area contributed by atoms with Crippen LogP contribution in [0.25, 0.3) is 0 Å². The third-order valence-corrected chi connectivity index (χ3v) is 3.79. The standard InChI is InChI=1S/C16H17F4N3O/c1-4-23-10(3)13(9(2)22-23)8-21-15(24)12-6-5-11(17)7-14(12)16(18,19)20/h5-7H,4,8H2,1-3H3,(H,21,24). The molecule has 0 unspecified atom stereocenters. The van der Waals surface area contributed by atoms with Gasteiger partial charge in [-0.05, 0) is 39.0 Å². The van der Waals surface area contributed by atoms with Gasteiger partial charge in [-0.3, -0.25) is 9.48 Å². The third kappa shape index (κ3) is 3.58. The number of amides is 1. The molecule has 0 saturated carbocycles. The van der Waals surface area contributed by atoms with Crippen LogP contribution in [0.5, 0.6) is 0 Å². The molecule has 0 aliphatic heterocycles. The average molecular weight is 343 g/mol. The molecule has 0 spiro atoms. The summed E-state index contributed by atoms with van der Waals surface area (Å²) in [5.41, 5.74) is 0.385. The second-order valence-corrected chi connectivity index (χ2v) is 5.34. The molecule has 130 valence electrons. The molecular formula is C16H17F4N3O. The van der Waals surface area contributed by atoms with Crippen LogP contribution in [0.1, 0.15) is 39.8 Å². The van der Waals surface area contributed by atoms with E-state index in [4.69, 9.17) is 0 Å². The van der Waals surface area contributed by atoms with Crippen molar-refractivity contribution in [3.8, 4) is 0 Å². The van der Waals surface area contributed by atoms with Crippen LogP contribution in [0.3, 0.4) is 0 Å². The van der Waals surface area contributed by atoms with Gasteiger partial charge in [-0.1, -0.05) is 0 Å². The highest BCUT2D eigenvalue weighted by atomic mass is 19.4. The molecule has 4 nitrogen and oxygen atoms in total. The molecule has 1 aromatic heterocycles. The van der Waals surface area contributed by atoms with Gasteiger partial charge >= 0.3 is 6.18 Å². The Morgan fingerprint density at radius 2 is 1.96 bits per heavy atom. The minimum absolute atomic E-state index is 0.0468. The van der Waals surface area contributed by atoms with Gasteiger partial charge in [0, 0.05) is 24.3 Å². The first-order valence-corrected chi connectivity index (χ1v) is 7.33. The van der Waals surface area contributed by atoms with Crippen molar-refractivity contribution in [2.75, 3.05) is 0 Å². The van der Waals surface area contributed by atoms with Crippen LogP contribution in [0, 0.1) is 19.7 Å². The Morgan fingerprint density at radius 3 is 2.50 bits per heavy atom. The topological polar surface area (TPSA) is 46.9 Å². The van der Waals surface area contributed by atoms with E-state index in [1.807, 2.05) is 13.8 Å². The van der Waals surface area contributed by atoms with E-state index in [-0.39, 0.29) is 6.54 Å². The number of carbonyl (C=O) groups excluding carboxylic acids is 1. The lowest BCUT2D eigenvalue weighted by Gasteiger charge is -2.13. The third-order valence-electron chi connectivity index (χ3n) is 3.79. The second kappa shape index (κ2) is 6.62. The van der Waals surface area contributed by atoms with Crippen LogP contribution >= 0.6 is 0 Å². The van der Waals surface area contributed by atoms with Gasteiger partial charge in [-0.2, -0.15) is 18.3 Å². The van der Waals surface area contributed by atoms with E-state index in [0.717, 1.165) is 23.4 Å². The number of aryl methyl sites for hydroxylation is 2. The normalized spacial score (nSPS) is 11.6. The molecule has 0 aliphatic rings. The van der Waals surface area contributed by atoms with Crippen LogP contribution in [0.4, 0.5) is 17.6 Å². The maximum Gasteiger partial charge on any atom is 0.417 e. The quantitative estimate of drug-likeness (QED) is 0.862. The molecular weight excluding hydrogens is 326 g/mol. The minimum Gasteiger partial charge on any atom is -0.348 e. The summed E-state index contributed by atoms with van der Waals surface area (Å²) in [5, 5.41) is 6.74. The molecule has 0 fully saturated rings. The summed E-state index contributed by atoms with van der Waals surface area (Å²) in [6.07, 6.45) is -4.81. The summed E-state index contributed by atoms with van der Waals surface area (Å²) in [6.45, 7) is 6.20. The number of hydrogen-bond acceptors (Lipinski definition) is 2. The summed E-state index contributed by atoms with van der Waals surface area (Å²) in [5.74, 6) is -1.96. The summed E-state index contributed by atoms with van der Waals surface area (Å²) in [7, 11) is 0. The Bertz CT molecular complexity index is 765. The van der Waals surface area contributed by atoms with Gasteiger partial charge in [0.05, 0.1) is 16.8 Å². The summed E-state index contributed by atoms with van der Waals surface area (Å²) >= 11 is 0. The second-order valence-electron chi connectivity index (χ2n) is 5.34. The fraction of sp³-hybridized carbons (Fsp3) is 0.375. The molecule has 0 radical (unpaired) electrons. The molecule has 1 amide bonds. The molecule has 1 heterocycles. The van der Waals surface area contributed by atoms with Gasteiger partial charge in [-0.15, -0.1) is 0 Å². The lowest BCUT2D eigenvalue weighted by atomic mass is 10.1. The largest absolute Gasteiger partial charge is 0.417 e. The number of hydrogen-bond donors (Lipinski definition) is 1. The van der Waals surface area contributed by atoms with Crippen molar-refractivity contribution < 1.29 is 22.4 Å². The zero-order valence-corrected chi connectivity index (χ0v) is 13.5. The highest BCUT2D eigenvalue weighted by molar-refractivity contribution is 5.95. The molecule has 1 aromatic carbocycles. The van der Waals surface area contributed by atoms with E-state index in [1.54, 1.807) is 11.6 Å². The molecule has 1 N–H and O–H groups in total. The number of rotatable bonds is 4. The highest BCUT2D eigenvalue weighted by Crippen LogP contribution is 2.32. The number of nitrogens with zero attached hydrogens (tertiary/aromatic N) is 2. The van der Waals surface area contributed by atoms with Crippen LogP contribution in [-0.2, 0) is 19.3 Å². The monoisotopic (exact) mass is 343 g/mol. The van der Waals surface area contributed by atoms with Gasteiger partial charge in [0.25, 0.3) is 5.91 Å². The predicted molar refractivity (Wildman–Crippen MR) is 79.9 cm³/mol. The Kier molecular flexibility index (Phi) is 4.96. The van der Waals surface area contributed by atoms with Gasteiger partial charge in [-0.25, -0.2) is 4.39 Å². The van der Waals surface area contributed by atoms with E-state index in [0.29, 0.717) is 18.3 Å². The van der Waals surface area contributed by atoms with Gasteiger partial charge in [0.15, 0.2) is 0 Å². The SMILES string of the molecule is CCn1nc(C)c(CNC(=O)c2ccc(F)cc2C(F)(F)F)c1C. The maximum absolute atomic E-state index is 13.1. The van der Waals surface area contributed by atoms with Crippen molar-refractivity contribution in [1.82, 2.24) is 15.1 Å². The Labute approximate surface area is 136 Å². The fourth-order valence-electron chi connectivity index (χ4n) is 2.51. The smallest absolute Gasteiger partial charge is 0.348 e. The van der Waals surface area contributed by atoms with Gasteiger partial charge in [0.1, 0.15) is 5.82 Å². The molecule has 0 bridgehead atoms. The van der Waals surface area contributed by atoms with E-state index in [1.165, 1.54) is 0 Å². The van der Waals surface area contributed by atoms with Crippen molar-refractivity contribution in [1.29, 1.82) is 0 Å². The number of aromatic nitrogens is 2. The zero-order chi connectivity index (χ0) is 18.1. The number of halogens is 4. The molecule has 8 heteroatoms. The van der Waals surface area contributed by atoms with Crippen LogP contribution in [0.15, 0.2) is 18.2 Å². The van der Waals surface area contributed by atoms with E-state index in [9.17, 15) is 22.4 Å². The highest BCUT2D eigenvalue weighted by Gasteiger charge is 2.35. The Morgan fingerprint density at radius 1 is 1.29 bits per heavy atom. The predicted octanol–water partition coefficient (Wildman–Crippen LogP) is 3.61. The number of alkyl halides is 3. The van der Waals surface area contributed by atoms with Crippen LogP contribution < -0.4 is 5.32 Å².